The van der Waals surface area contributed by atoms with E-state index in [1.165, 1.54) is 12.0 Å². The second-order valence-corrected chi connectivity index (χ2v) is 6.30. The number of carbonyl (C=O) groups is 2. The molecule has 2 aromatic rings. The zero-order valence-electron chi connectivity index (χ0n) is 14.9. The zero-order chi connectivity index (χ0) is 19.6. The number of rotatable bonds is 5. The van der Waals surface area contributed by atoms with Gasteiger partial charge in [-0.2, -0.15) is 0 Å². The van der Waals surface area contributed by atoms with Crippen LogP contribution in [0.2, 0.25) is 5.02 Å². The Hall–Kier alpha value is -3.00. The minimum absolute atomic E-state index is 0.229. The number of nitrogens with zero attached hydrogens (tertiary/aromatic N) is 2. The van der Waals surface area contributed by atoms with E-state index >= 15 is 0 Å². The average molecular weight is 391 g/mol. The van der Waals surface area contributed by atoms with Crippen molar-refractivity contribution >= 4 is 40.7 Å². The Morgan fingerprint density at radius 3 is 2.85 bits per heavy atom. The first-order valence-electron chi connectivity index (χ1n) is 8.31. The SMILES string of the molecule is CCC1Oc2ccc(N)nc2N(CC(=O)Nc2ccc(OC)c(Cl)c2)C1=O. The van der Waals surface area contributed by atoms with Gasteiger partial charge in [0.1, 0.15) is 18.1 Å². The zero-order valence-corrected chi connectivity index (χ0v) is 15.6. The molecule has 3 N–H and O–H groups in total. The molecule has 1 aliphatic rings. The van der Waals surface area contributed by atoms with Crippen molar-refractivity contribution in [2.45, 2.75) is 19.4 Å². The molecule has 0 fully saturated rings. The summed E-state index contributed by atoms with van der Waals surface area (Å²) in [7, 11) is 1.50. The molecular formula is C18H19ClN4O4. The summed E-state index contributed by atoms with van der Waals surface area (Å²) in [6, 6.07) is 8.09. The highest BCUT2D eigenvalue weighted by Gasteiger charge is 2.35. The van der Waals surface area contributed by atoms with Gasteiger partial charge in [-0.15, -0.1) is 0 Å². The Bertz CT molecular complexity index is 890. The predicted octanol–water partition coefficient (Wildman–Crippen LogP) is 2.47. The summed E-state index contributed by atoms with van der Waals surface area (Å²) < 4.78 is 10.7. The van der Waals surface area contributed by atoms with Crippen molar-refractivity contribution in [3.63, 3.8) is 0 Å². The van der Waals surface area contributed by atoms with Crippen molar-refractivity contribution in [3.8, 4) is 11.5 Å². The molecule has 0 saturated carbocycles. The van der Waals surface area contributed by atoms with E-state index in [2.05, 4.69) is 10.3 Å². The lowest BCUT2D eigenvalue weighted by molar-refractivity contribution is -0.128. The number of hydrogen-bond donors (Lipinski definition) is 2. The van der Waals surface area contributed by atoms with Crippen LogP contribution in [0.1, 0.15) is 13.3 Å². The lowest BCUT2D eigenvalue weighted by Gasteiger charge is -2.32. The Kier molecular flexibility index (Phi) is 5.36. The highest BCUT2D eigenvalue weighted by molar-refractivity contribution is 6.32. The molecule has 1 aliphatic heterocycles. The molecule has 9 heteroatoms. The van der Waals surface area contributed by atoms with Gasteiger partial charge in [-0.3, -0.25) is 14.5 Å². The molecule has 0 bridgehead atoms. The predicted molar refractivity (Wildman–Crippen MR) is 102 cm³/mol. The minimum atomic E-state index is -0.675. The third-order valence-electron chi connectivity index (χ3n) is 4.04. The number of hydrogen-bond acceptors (Lipinski definition) is 6. The highest BCUT2D eigenvalue weighted by atomic mass is 35.5. The number of amides is 2. The molecule has 0 spiro atoms. The first kappa shape index (κ1) is 18.8. The van der Waals surface area contributed by atoms with E-state index in [0.717, 1.165) is 0 Å². The number of carbonyl (C=O) groups excluding carboxylic acids is 2. The van der Waals surface area contributed by atoms with Gasteiger partial charge in [-0.25, -0.2) is 4.98 Å². The number of aromatic nitrogens is 1. The molecule has 1 atom stereocenters. The summed E-state index contributed by atoms with van der Waals surface area (Å²) in [6.45, 7) is 1.60. The topological polar surface area (TPSA) is 107 Å². The van der Waals surface area contributed by atoms with Gasteiger partial charge >= 0.3 is 0 Å². The monoisotopic (exact) mass is 390 g/mol. The van der Waals surface area contributed by atoms with Gasteiger partial charge in [-0.05, 0) is 36.8 Å². The fraction of sp³-hybridized carbons (Fsp3) is 0.278. The number of benzene rings is 1. The summed E-state index contributed by atoms with van der Waals surface area (Å²) in [5.41, 5.74) is 6.21. The van der Waals surface area contributed by atoms with Crippen LogP contribution in [0.5, 0.6) is 11.5 Å². The summed E-state index contributed by atoms with van der Waals surface area (Å²) in [4.78, 5) is 30.6. The summed E-state index contributed by atoms with van der Waals surface area (Å²) in [6.07, 6.45) is -0.208. The number of nitrogens with two attached hydrogens (primary N) is 1. The van der Waals surface area contributed by atoms with E-state index in [9.17, 15) is 9.59 Å². The molecule has 8 nitrogen and oxygen atoms in total. The normalized spacial score (nSPS) is 15.7. The molecule has 27 heavy (non-hydrogen) atoms. The van der Waals surface area contributed by atoms with Gasteiger partial charge in [0.15, 0.2) is 17.7 Å². The number of anilines is 3. The largest absolute Gasteiger partial charge is 0.495 e. The van der Waals surface area contributed by atoms with E-state index in [0.29, 0.717) is 28.6 Å². The van der Waals surface area contributed by atoms with Gasteiger partial charge < -0.3 is 20.5 Å². The molecule has 3 rings (SSSR count). The third kappa shape index (κ3) is 3.90. The first-order chi connectivity index (χ1) is 12.9. The van der Waals surface area contributed by atoms with Crippen molar-refractivity contribution in [2.75, 3.05) is 29.6 Å². The average Bonchev–Trinajstić information content (AvgIpc) is 2.64. The lowest BCUT2D eigenvalue weighted by Crippen LogP contribution is -2.49. The van der Waals surface area contributed by atoms with Crippen LogP contribution in [-0.4, -0.2) is 36.6 Å². The van der Waals surface area contributed by atoms with Crippen molar-refractivity contribution in [1.82, 2.24) is 4.98 Å². The number of nitrogen functional groups attached to an aromatic ring is 1. The van der Waals surface area contributed by atoms with Crippen LogP contribution >= 0.6 is 11.6 Å². The van der Waals surface area contributed by atoms with Crippen LogP contribution in [0.3, 0.4) is 0 Å². The van der Waals surface area contributed by atoms with E-state index in [1.807, 2.05) is 6.92 Å². The molecule has 0 radical (unpaired) electrons. The van der Waals surface area contributed by atoms with Crippen LogP contribution in [0, 0.1) is 0 Å². The van der Waals surface area contributed by atoms with Crippen LogP contribution in [-0.2, 0) is 9.59 Å². The number of ether oxygens (including phenoxy) is 2. The number of pyridine rings is 1. The van der Waals surface area contributed by atoms with Crippen molar-refractivity contribution in [3.05, 3.63) is 35.4 Å². The maximum absolute atomic E-state index is 12.7. The summed E-state index contributed by atoms with van der Waals surface area (Å²) >= 11 is 6.07. The molecule has 1 aromatic carbocycles. The van der Waals surface area contributed by atoms with E-state index in [-0.39, 0.29) is 24.1 Å². The van der Waals surface area contributed by atoms with Gasteiger partial charge in [0.25, 0.3) is 5.91 Å². The van der Waals surface area contributed by atoms with Crippen LogP contribution in [0.15, 0.2) is 30.3 Å². The van der Waals surface area contributed by atoms with E-state index in [1.54, 1.807) is 30.3 Å². The highest BCUT2D eigenvalue weighted by Crippen LogP contribution is 2.33. The first-order valence-corrected chi connectivity index (χ1v) is 8.68. The molecule has 2 amide bonds. The number of methoxy groups -OCH3 is 1. The summed E-state index contributed by atoms with van der Waals surface area (Å²) in [5.74, 6) is 0.621. The van der Waals surface area contributed by atoms with Gasteiger partial charge in [0.2, 0.25) is 5.91 Å². The second kappa shape index (κ2) is 7.71. The van der Waals surface area contributed by atoms with Crippen LogP contribution in [0.25, 0.3) is 0 Å². The molecule has 0 aliphatic carbocycles. The second-order valence-electron chi connectivity index (χ2n) is 5.89. The van der Waals surface area contributed by atoms with Gasteiger partial charge in [0.05, 0.1) is 12.1 Å². The number of fused-ring (bicyclic) bond motifs is 1. The van der Waals surface area contributed by atoms with Crippen molar-refractivity contribution < 1.29 is 19.1 Å². The number of nitrogens with one attached hydrogen (secondary N) is 1. The smallest absolute Gasteiger partial charge is 0.269 e. The van der Waals surface area contributed by atoms with E-state index < -0.39 is 12.0 Å². The maximum Gasteiger partial charge on any atom is 0.269 e. The minimum Gasteiger partial charge on any atom is -0.495 e. The molecule has 142 valence electrons. The summed E-state index contributed by atoms with van der Waals surface area (Å²) in [5, 5.41) is 3.07. The molecule has 1 unspecified atom stereocenters. The lowest BCUT2D eigenvalue weighted by atomic mass is 10.2. The van der Waals surface area contributed by atoms with Gasteiger partial charge in [0, 0.05) is 5.69 Å². The van der Waals surface area contributed by atoms with Crippen LogP contribution < -0.4 is 25.4 Å². The number of halogens is 1. The Balaban J connectivity index is 1.81. The van der Waals surface area contributed by atoms with E-state index in [4.69, 9.17) is 26.8 Å². The fourth-order valence-corrected chi connectivity index (χ4v) is 2.97. The van der Waals surface area contributed by atoms with Gasteiger partial charge in [-0.1, -0.05) is 18.5 Å². The third-order valence-corrected chi connectivity index (χ3v) is 4.33. The van der Waals surface area contributed by atoms with Crippen molar-refractivity contribution in [2.24, 2.45) is 0 Å². The molecule has 2 heterocycles. The Morgan fingerprint density at radius 1 is 1.41 bits per heavy atom. The maximum atomic E-state index is 12.7. The molecule has 0 saturated heterocycles. The standard InChI is InChI=1S/C18H19ClN4O4/c1-3-12-18(25)23(17-14(27-12)6-7-15(20)22-17)9-16(24)21-10-4-5-13(26-2)11(19)8-10/h4-8,12H,3,9H2,1-2H3,(H2,20,22)(H,21,24). The Labute approximate surface area is 161 Å². The van der Waals surface area contributed by atoms with Crippen LogP contribution in [0.4, 0.5) is 17.3 Å². The Morgan fingerprint density at radius 2 is 2.19 bits per heavy atom. The molecule has 1 aromatic heterocycles. The quantitative estimate of drug-likeness (QED) is 0.812. The van der Waals surface area contributed by atoms with Crippen molar-refractivity contribution in [1.29, 1.82) is 0 Å². The molecular weight excluding hydrogens is 372 g/mol. The fourth-order valence-electron chi connectivity index (χ4n) is 2.72.